The Morgan fingerprint density at radius 3 is 2.59 bits per heavy atom. The monoisotopic (exact) mass is 318 g/mol. The van der Waals surface area contributed by atoms with Gasteiger partial charge in [-0.1, -0.05) is 30.3 Å². The van der Waals surface area contributed by atoms with Gasteiger partial charge in [0.2, 0.25) is 0 Å². The van der Waals surface area contributed by atoms with E-state index in [1.165, 1.54) is 6.26 Å². The molecule has 0 fully saturated rings. The Morgan fingerprint density at radius 1 is 1.23 bits per heavy atom. The summed E-state index contributed by atoms with van der Waals surface area (Å²) in [4.78, 5) is 0.253. The van der Waals surface area contributed by atoms with Crippen molar-refractivity contribution in [1.29, 1.82) is 0 Å². The summed E-state index contributed by atoms with van der Waals surface area (Å²) in [5, 5.41) is 3.37. The molecule has 1 aliphatic heterocycles. The normalized spacial score (nSPS) is 20.6. The summed E-state index contributed by atoms with van der Waals surface area (Å²) in [5.74, 6) is 0.632. The van der Waals surface area contributed by atoms with E-state index in [1.807, 2.05) is 30.3 Å². The van der Waals surface area contributed by atoms with Gasteiger partial charge >= 0.3 is 0 Å². The molecule has 1 atom stereocenters. The van der Waals surface area contributed by atoms with Crippen LogP contribution in [0.15, 0.2) is 53.4 Å². The van der Waals surface area contributed by atoms with Gasteiger partial charge in [-0.3, -0.25) is 0 Å². The lowest BCUT2D eigenvalue weighted by atomic mass is 9.89. The van der Waals surface area contributed by atoms with Crippen LogP contribution in [0.2, 0.25) is 0 Å². The number of sulfone groups is 1. The van der Waals surface area contributed by atoms with Crippen LogP contribution in [0, 0.1) is 0 Å². The van der Waals surface area contributed by atoms with Crippen molar-refractivity contribution in [2.24, 2.45) is 5.73 Å². The number of rotatable bonds is 3. The Labute approximate surface area is 130 Å². The van der Waals surface area contributed by atoms with E-state index in [9.17, 15) is 8.42 Å². The predicted octanol–water partition coefficient (Wildman–Crippen LogP) is 1.75. The molecule has 6 heteroatoms. The SMILES string of the molecule is CS(=O)(=O)c1ccc2c(c1)NC(CN)(c1ccccc1)CO2. The van der Waals surface area contributed by atoms with Crippen LogP contribution in [0.3, 0.4) is 0 Å². The molecule has 116 valence electrons. The predicted molar refractivity (Wildman–Crippen MR) is 85.8 cm³/mol. The van der Waals surface area contributed by atoms with E-state index < -0.39 is 15.4 Å². The molecule has 0 aliphatic carbocycles. The summed E-state index contributed by atoms with van der Waals surface area (Å²) < 4.78 is 29.3. The van der Waals surface area contributed by atoms with Crippen molar-refractivity contribution in [3.05, 3.63) is 54.1 Å². The first-order chi connectivity index (χ1) is 10.4. The van der Waals surface area contributed by atoms with Crippen LogP contribution < -0.4 is 15.8 Å². The van der Waals surface area contributed by atoms with Gasteiger partial charge in [-0.25, -0.2) is 8.42 Å². The maximum atomic E-state index is 11.7. The lowest BCUT2D eigenvalue weighted by molar-refractivity contribution is 0.223. The van der Waals surface area contributed by atoms with Crippen LogP contribution in [0.1, 0.15) is 5.56 Å². The molecular formula is C16H18N2O3S. The first kappa shape index (κ1) is 14.9. The molecule has 3 N–H and O–H groups in total. The maximum absolute atomic E-state index is 11.7. The van der Waals surface area contributed by atoms with Crippen LogP contribution in [0.4, 0.5) is 5.69 Å². The largest absolute Gasteiger partial charge is 0.489 e. The van der Waals surface area contributed by atoms with Gasteiger partial charge in [0.1, 0.15) is 17.9 Å². The second kappa shape index (κ2) is 5.30. The average molecular weight is 318 g/mol. The number of nitrogens with two attached hydrogens (primary N) is 1. The third-order valence-corrected chi connectivity index (χ3v) is 5.01. The number of fused-ring (bicyclic) bond motifs is 1. The Morgan fingerprint density at radius 2 is 1.95 bits per heavy atom. The van der Waals surface area contributed by atoms with Gasteiger partial charge in [-0.2, -0.15) is 0 Å². The summed E-state index contributed by atoms with van der Waals surface area (Å²) in [6, 6.07) is 14.6. The van der Waals surface area contributed by atoms with Crippen molar-refractivity contribution in [3.63, 3.8) is 0 Å². The summed E-state index contributed by atoms with van der Waals surface area (Å²) in [6.45, 7) is 0.721. The average Bonchev–Trinajstić information content (AvgIpc) is 2.53. The first-order valence-electron chi connectivity index (χ1n) is 6.95. The van der Waals surface area contributed by atoms with Gasteiger partial charge in [-0.05, 0) is 23.8 Å². The molecule has 5 nitrogen and oxygen atoms in total. The molecule has 1 aliphatic rings. The molecular weight excluding hydrogens is 300 g/mol. The molecule has 2 aromatic carbocycles. The third-order valence-electron chi connectivity index (χ3n) is 3.90. The highest BCUT2D eigenvalue weighted by Gasteiger charge is 2.36. The molecule has 3 rings (SSSR count). The second-order valence-electron chi connectivity index (χ2n) is 5.50. The van der Waals surface area contributed by atoms with Crippen LogP contribution >= 0.6 is 0 Å². The number of nitrogens with one attached hydrogen (secondary N) is 1. The fourth-order valence-corrected chi connectivity index (χ4v) is 3.25. The zero-order valence-corrected chi connectivity index (χ0v) is 13.1. The summed E-state index contributed by atoms with van der Waals surface area (Å²) in [7, 11) is -3.27. The Hall–Kier alpha value is -2.05. The van der Waals surface area contributed by atoms with Crippen molar-refractivity contribution >= 4 is 15.5 Å². The molecule has 1 heterocycles. The topological polar surface area (TPSA) is 81.4 Å². The zero-order chi connectivity index (χ0) is 15.8. The number of anilines is 1. The van der Waals surface area contributed by atoms with Crippen molar-refractivity contribution in [3.8, 4) is 5.75 Å². The van der Waals surface area contributed by atoms with E-state index in [4.69, 9.17) is 10.5 Å². The molecule has 0 saturated heterocycles. The van der Waals surface area contributed by atoms with Crippen LogP contribution in [-0.4, -0.2) is 27.8 Å². The van der Waals surface area contributed by atoms with E-state index in [1.54, 1.807) is 18.2 Å². The minimum atomic E-state index is -3.27. The number of hydrogen-bond donors (Lipinski definition) is 2. The molecule has 0 spiro atoms. The highest BCUT2D eigenvalue weighted by molar-refractivity contribution is 7.90. The van der Waals surface area contributed by atoms with Gasteiger partial charge in [0.15, 0.2) is 9.84 Å². The lowest BCUT2D eigenvalue weighted by Crippen LogP contribution is -2.49. The lowest BCUT2D eigenvalue weighted by Gasteiger charge is -2.39. The molecule has 1 unspecified atom stereocenters. The highest BCUT2D eigenvalue weighted by atomic mass is 32.2. The standard InChI is InChI=1S/C16H18N2O3S/c1-22(19,20)13-7-8-15-14(9-13)18-16(10-17,11-21-15)12-5-3-2-4-6-12/h2-9,18H,10-11,17H2,1H3. The Bertz CT molecular complexity index is 790. The van der Waals surface area contributed by atoms with Crippen LogP contribution in [-0.2, 0) is 15.4 Å². The molecule has 0 amide bonds. The maximum Gasteiger partial charge on any atom is 0.175 e. The quantitative estimate of drug-likeness (QED) is 0.901. The van der Waals surface area contributed by atoms with E-state index in [-0.39, 0.29) is 4.90 Å². The van der Waals surface area contributed by atoms with Gasteiger partial charge < -0.3 is 15.8 Å². The third kappa shape index (κ3) is 2.55. The minimum Gasteiger partial charge on any atom is -0.489 e. The summed E-state index contributed by atoms with van der Waals surface area (Å²) in [5.41, 5.74) is 7.07. The molecule has 0 aromatic heterocycles. The number of hydrogen-bond acceptors (Lipinski definition) is 5. The van der Waals surface area contributed by atoms with Crippen molar-refractivity contribution in [1.82, 2.24) is 0 Å². The van der Waals surface area contributed by atoms with Crippen molar-refractivity contribution in [2.75, 3.05) is 24.7 Å². The van der Waals surface area contributed by atoms with E-state index >= 15 is 0 Å². The first-order valence-corrected chi connectivity index (χ1v) is 8.84. The van der Waals surface area contributed by atoms with Crippen LogP contribution in [0.25, 0.3) is 0 Å². The van der Waals surface area contributed by atoms with Crippen LogP contribution in [0.5, 0.6) is 5.75 Å². The van der Waals surface area contributed by atoms with E-state index in [2.05, 4.69) is 5.32 Å². The van der Waals surface area contributed by atoms with E-state index in [0.29, 0.717) is 24.6 Å². The Kier molecular flexibility index (Phi) is 3.58. The van der Waals surface area contributed by atoms with Gasteiger partial charge in [0.25, 0.3) is 0 Å². The van der Waals surface area contributed by atoms with Gasteiger partial charge in [0, 0.05) is 12.8 Å². The second-order valence-corrected chi connectivity index (χ2v) is 7.51. The molecule has 22 heavy (non-hydrogen) atoms. The van der Waals surface area contributed by atoms with Crippen molar-refractivity contribution < 1.29 is 13.2 Å². The molecule has 0 bridgehead atoms. The smallest absolute Gasteiger partial charge is 0.175 e. The highest BCUT2D eigenvalue weighted by Crippen LogP contribution is 2.38. The number of benzene rings is 2. The molecule has 0 radical (unpaired) electrons. The summed E-state index contributed by atoms with van der Waals surface area (Å²) >= 11 is 0. The fourth-order valence-electron chi connectivity index (χ4n) is 2.60. The fraction of sp³-hybridized carbons (Fsp3) is 0.250. The molecule has 2 aromatic rings. The van der Waals surface area contributed by atoms with Crippen molar-refractivity contribution in [2.45, 2.75) is 10.4 Å². The molecule has 0 saturated carbocycles. The summed E-state index contributed by atoms with van der Waals surface area (Å²) in [6.07, 6.45) is 1.19. The van der Waals surface area contributed by atoms with Gasteiger partial charge in [-0.15, -0.1) is 0 Å². The van der Waals surface area contributed by atoms with E-state index in [0.717, 1.165) is 5.56 Å². The minimum absolute atomic E-state index is 0.253. The Balaban J connectivity index is 2.05. The number of ether oxygens (including phenoxy) is 1. The van der Waals surface area contributed by atoms with Gasteiger partial charge in [0.05, 0.1) is 10.6 Å². The zero-order valence-electron chi connectivity index (χ0n) is 12.2.